The normalized spacial score (nSPS) is 10.8. The zero-order valence-corrected chi connectivity index (χ0v) is 11.9. The number of amides is 1. The number of benzene rings is 1. The number of hydrogen-bond donors (Lipinski definition) is 3. The van der Waals surface area contributed by atoms with Gasteiger partial charge in [-0.3, -0.25) is 10.1 Å². The molecule has 2 aromatic heterocycles. The highest BCUT2D eigenvalue weighted by molar-refractivity contribution is 6.05. The lowest BCUT2D eigenvalue weighted by Gasteiger charge is -2.02. The number of aromatic nitrogens is 4. The van der Waals surface area contributed by atoms with Gasteiger partial charge in [0.1, 0.15) is 0 Å². The van der Waals surface area contributed by atoms with Crippen molar-refractivity contribution < 1.29 is 9.53 Å². The molecule has 0 fully saturated rings. The molecule has 0 aliphatic rings. The summed E-state index contributed by atoms with van der Waals surface area (Å²) in [7, 11) is 1.46. The SMILES string of the molecule is COc1n[nH]c(NC(=O)c2ccc3[nH]c(C)c(C)c3c2)n1. The number of rotatable bonds is 3. The fourth-order valence-electron chi connectivity index (χ4n) is 2.18. The predicted octanol–water partition coefficient (Wildman–Crippen LogP) is 2.16. The van der Waals surface area contributed by atoms with Crippen LogP contribution in [0.5, 0.6) is 6.01 Å². The van der Waals surface area contributed by atoms with Crippen LogP contribution in [0, 0.1) is 13.8 Å². The fraction of sp³-hybridized carbons (Fsp3) is 0.214. The van der Waals surface area contributed by atoms with E-state index in [1.54, 1.807) is 6.07 Å². The molecule has 108 valence electrons. The third-order valence-electron chi connectivity index (χ3n) is 3.45. The van der Waals surface area contributed by atoms with Crippen molar-refractivity contribution in [3.8, 4) is 6.01 Å². The first-order chi connectivity index (χ1) is 10.1. The number of fused-ring (bicyclic) bond motifs is 1. The molecule has 7 heteroatoms. The summed E-state index contributed by atoms with van der Waals surface area (Å²) in [4.78, 5) is 19.5. The largest absolute Gasteiger partial charge is 0.466 e. The molecule has 0 saturated heterocycles. The van der Waals surface area contributed by atoms with Crippen LogP contribution in [0.15, 0.2) is 18.2 Å². The van der Waals surface area contributed by atoms with Gasteiger partial charge in [-0.15, -0.1) is 5.10 Å². The van der Waals surface area contributed by atoms with Crippen LogP contribution in [0.4, 0.5) is 5.95 Å². The molecule has 21 heavy (non-hydrogen) atoms. The van der Waals surface area contributed by atoms with E-state index < -0.39 is 0 Å². The van der Waals surface area contributed by atoms with E-state index in [1.807, 2.05) is 26.0 Å². The van der Waals surface area contributed by atoms with Crippen LogP contribution in [-0.2, 0) is 0 Å². The molecule has 2 heterocycles. The van der Waals surface area contributed by atoms with Crippen LogP contribution in [0.25, 0.3) is 10.9 Å². The van der Waals surface area contributed by atoms with Crippen molar-refractivity contribution in [2.45, 2.75) is 13.8 Å². The number of anilines is 1. The van der Waals surface area contributed by atoms with Gasteiger partial charge in [0.25, 0.3) is 5.91 Å². The van der Waals surface area contributed by atoms with Crippen LogP contribution < -0.4 is 10.1 Å². The molecular weight excluding hydrogens is 270 g/mol. The number of carbonyl (C=O) groups is 1. The second kappa shape index (κ2) is 4.93. The molecule has 7 nitrogen and oxygen atoms in total. The van der Waals surface area contributed by atoms with Crippen molar-refractivity contribution in [1.82, 2.24) is 20.2 Å². The average molecular weight is 285 g/mol. The van der Waals surface area contributed by atoms with E-state index in [0.29, 0.717) is 5.56 Å². The molecule has 3 aromatic rings. The molecule has 0 atom stereocenters. The van der Waals surface area contributed by atoms with Crippen LogP contribution in [-0.4, -0.2) is 33.2 Å². The van der Waals surface area contributed by atoms with Gasteiger partial charge >= 0.3 is 6.01 Å². The Morgan fingerprint density at radius 2 is 2.14 bits per heavy atom. The first-order valence-corrected chi connectivity index (χ1v) is 6.45. The minimum Gasteiger partial charge on any atom is -0.466 e. The lowest BCUT2D eigenvalue weighted by atomic mass is 10.1. The highest BCUT2D eigenvalue weighted by atomic mass is 16.5. The van der Waals surface area contributed by atoms with Gasteiger partial charge < -0.3 is 9.72 Å². The topological polar surface area (TPSA) is 95.7 Å². The maximum absolute atomic E-state index is 12.2. The Morgan fingerprint density at radius 3 is 2.86 bits per heavy atom. The van der Waals surface area contributed by atoms with Gasteiger partial charge in [0.2, 0.25) is 5.95 Å². The summed E-state index contributed by atoms with van der Waals surface area (Å²) in [5.74, 6) is -0.00660. The van der Waals surface area contributed by atoms with Gasteiger partial charge in [0, 0.05) is 22.2 Å². The van der Waals surface area contributed by atoms with Crippen molar-refractivity contribution in [3.05, 3.63) is 35.0 Å². The zero-order chi connectivity index (χ0) is 15.0. The second-order valence-electron chi connectivity index (χ2n) is 4.76. The van der Waals surface area contributed by atoms with Gasteiger partial charge in [0.15, 0.2) is 0 Å². The molecule has 0 aliphatic carbocycles. The van der Waals surface area contributed by atoms with Crippen molar-refractivity contribution in [2.75, 3.05) is 12.4 Å². The number of ether oxygens (including phenoxy) is 1. The second-order valence-corrected chi connectivity index (χ2v) is 4.76. The summed E-state index contributed by atoms with van der Waals surface area (Å²) in [5.41, 5.74) is 3.81. The lowest BCUT2D eigenvalue weighted by Crippen LogP contribution is -2.12. The number of nitrogens with zero attached hydrogens (tertiary/aromatic N) is 2. The summed E-state index contributed by atoms with van der Waals surface area (Å²) in [6.07, 6.45) is 0. The Morgan fingerprint density at radius 1 is 1.33 bits per heavy atom. The highest BCUT2D eigenvalue weighted by Gasteiger charge is 2.12. The van der Waals surface area contributed by atoms with Crippen molar-refractivity contribution in [2.24, 2.45) is 0 Å². The summed E-state index contributed by atoms with van der Waals surface area (Å²) in [6, 6.07) is 5.70. The lowest BCUT2D eigenvalue weighted by molar-refractivity contribution is 0.102. The summed E-state index contributed by atoms with van der Waals surface area (Å²) in [6.45, 7) is 4.03. The Kier molecular flexibility index (Phi) is 3.09. The number of aryl methyl sites for hydroxylation is 2. The van der Waals surface area contributed by atoms with E-state index >= 15 is 0 Å². The third kappa shape index (κ3) is 2.33. The van der Waals surface area contributed by atoms with E-state index in [0.717, 1.165) is 22.2 Å². The van der Waals surface area contributed by atoms with Crippen molar-refractivity contribution in [1.29, 1.82) is 0 Å². The van der Waals surface area contributed by atoms with Crippen LogP contribution in [0.2, 0.25) is 0 Å². The van der Waals surface area contributed by atoms with Crippen molar-refractivity contribution >= 4 is 22.8 Å². The first kappa shape index (κ1) is 13.2. The van der Waals surface area contributed by atoms with E-state index in [9.17, 15) is 4.79 Å². The smallest absolute Gasteiger partial charge is 0.336 e. The Labute approximate surface area is 120 Å². The average Bonchev–Trinajstić information content (AvgIpc) is 3.04. The van der Waals surface area contributed by atoms with E-state index in [4.69, 9.17) is 4.74 Å². The van der Waals surface area contributed by atoms with Crippen LogP contribution >= 0.6 is 0 Å². The van der Waals surface area contributed by atoms with Gasteiger partial charge in [-0.25, -0.2) is 5.10 Å². The molecular formula is C14H15N5O2. The third-order valence-corrected chi connectivity index (χ3v) is 3.45. The Balaban J connectivity index is 1.88. The maximum atomic E-state index is 12.2. The molecule has 1 amide bonds. The Bertz CT molecular complexity index is 818. The summed E-state index contributed by atoms with van der Waals surface area (Å²) < 4.78 is 4.85. The summed E-state index contributed by atoms with van der Waals surface area (Å²) in [5, 5.41) is 10.0. The Hall–Kier alpha value is -2.83. The molecule has 0 radical (unpaired) electrons. The summed E-state index contributed by atoms with van der Waals surface area (Å²) >= 11 is 0. The van der Waals surface area contributed by atoms with Gasteiger partial charge in [0.05, 0.1) is 7.11 Å². The van der Waals surface area contributed by atoms with Crippen LogP contribution in [0.3, 0.4) is 0 Å². The number of methoxy groups -OCH3 is 1. The molecule has 0 aliphatic heterocycles. The monoisotopic (exact) mass is 285 g/mol. The van der Waals surface area contributed by atoms with Gasteiger partial charge in [-0.2, -0.15) is 4.98 Å². The molecule has 0 saturated carbocycles. The van der Waals surface area contributed by atoms with E-state index in [-0.39, 0.29) is 17.9 Å². The number of carbonyl (C=O) groups excluding carboxylic acids is 1. The minimum absolute atomic E-state index is 0.179. The zero-order valence-electron chi connectivity index (χ0n) is 11.9. The standard InChI is InChI=1S/C14H15N5O2/c1-7-8(2)15-11-5-4-9(6-10(7)11)12(20)16-13-17-14(21-3)19-18-13/h4-6,15H,1-3H3,(H2,16,17,18,19,20). The van der Waals surface area contributed by atoms with E-state index in [2.05, 4.69) is 25.5 Å². The van der Waals surface area contributed by atoms with E-state index in [1.165, 1.54) is 7.11 Å². The number of aromatic amines is 2. The maximum Gasteiger partial charge on any atom is 0.336 e. The molecule has 1 aromatic carbocycles. The highest BCUT2D eigenvalue weighted by Crippen LogP contribution is 2.22. The van der Waals surface area contributed by atoms with Crippen molar-refractivity contribution in [3.63, 3.8) is 0 Å². The quantitative estimate of drug-likeness (QED) is 0.687. The van der Waals surface area contributed by atoms with Gasteiger partial charge in [-0.1, -0.05) is 0 Å². The predicted molar refractivity (Wildman–Crippen MR) is 78.7 cm³/mol. The fourth-order valence-corrected chi connectivity index (χ4v) is 2.18. The molecule has 0 unspecified atom stereocenters. The molecule has 0 bridgehead atoms. The van der Waals surface area contributed by atoms with Gasteiger partial charge in [-0.05, 0) is 37.6 Å². The molecule has 0 spiro atoms. The minimum atomic E-state index is -0.256. The van der Waals surface area contributed by atoms with Crippen LogP contribution in [0.1, 0.15) is 21.6 Å². The number of hydrogen-bond acceptors (Lipinski definition) is 4. The molecule has 3 N–H and O–H groups in total. The number of H-pyrrole nitrogens is 2. The molecule has 3 rings (SSSR count). The number of nitrogens with one attached hydrogen (secondary N) is 3. The first-order valence-electron chi connectivity index (χ1n) is 6.45.